The van der Waals surface area contributed by atoms with Crippen LogP contribution >= 0.6 is 0 Å². The van der Waals surface area contributed by atoms with E-state index in [1.807, 2.05) is 0 Å². The number of aliphatic hydroxyl groups excluding tert-OH is 1. The Hall–Kier alpha value is -3.01. The maximum Gasteiger partial charge on any atom is 0.273 e. The Morgan fingerprint density at radius 3 is 2.64 bits per heavy atom. The second-order valence-corrected chi connectivity index (χ2v) is 8.10. The van der Waals surface area contributed by atoms with Crippen LogP contribution in [0.2, 0.25) is 0 Å². The van der Waals surface area contributed by atoms with Gasteiger partial charge < -0.3 is 10.4 Å². The van der Waals surface area contributed by atoms with E-state index in [4.69, 9.17) is 0 Å². The van der Waals surface area contributed by atoms with Crippen molar-refractivity contribution in [3.05, 3.63) is 83.4 Å². The van der Waals surface area contributed by atoms with E-state index < -0.39 is 22.2 Å². The summed E-state index contributed by atoms with van der Waals surface area (Å²) in [6.07, 6.45) is 0.198. The first-order chi connectivity index (χ1) is 13.4. The predicted octanol–water partition coefficient (Wildman–Crippen LogP) is 2.21. The first-order valence-corrected chi connectivity index (χ1v) is 9.84. The van der Waals surface area contributed by atoms with Crippen LogP contribution in [0, 0.1) is 5.82 Å². The molecule has 0 saturated heterocycles. The lowest BCUT2D eigenvalue weighted by molar-refractivity contribution is 0.102. The van der Waals surface area contributed by atoms with Gasteiger partial charge in [-0.15, -0.1) is 0 Å². The number of hydrogen-bond acceptors (Lipinski definition) is 5. The molecule has 2 aromatic carbocycles. The molecule has 28 heavy (non-hydrogen) atoms. The molecule has 0 saturated carbocycles. The number of hydrogen-bond donors (Lipinski definition) is 3. The number of aliphatic hydroxyl groups is 1. The van der Waals surface area contributed by atoms with Gasteiger partial charge >= 0.3 is 0 Å². The van der Waals surface area contributed by atoms with Crippen molar-refractivity contribution in [1.29, 1.82) is 0 Å². The number of anilines is 1. The zero-order chi connectivity index (χ0) is 19.9. The van der Waals surface area contributed by atoms with E-state index in [9.17, 15) is 22.7 Å². The zero-order valence-electron chi connectivity index (χ0n) is 14.5. The predicted molar refractivity (Wildman–Crippen MR) is 99.6 cm³/mol. The second-order valence-electron chi connectivity index (χ2n) is 6.31. The van der Waals surface area contributed by atoms with Crippen LogP contribution in [0.3, 0.4) is 0 Å². The average molecular weight is 401 g/mol. The van der Waals surface area contributed by atoms with Crippen molar-refractivity contribution in [2.75, 3.05) is 5.32 Å². The molecule has 1 unspecified atom stereocenters. The summed E-state index contributed by atoms with van der Waals surface area (Å²) in [5.41, 5.74) is 1.25. The van der Waals surface area contributed by atoms with Crippen LogP contribution in [0.5, 0.6) is 0 Å². The summed E-state index contributed by atoms with van der Waals surface area (Å²) in [5, 5.41) is 15.8. The normalized spacial score (nSPS) is 15.9. The molecule has 1 aliphatic heterocycles. The average Bonchev–Trinajstić information content (AvgIpc) is 3.15. The number of rotatable bonds is 4. The summed E-state index contributed by atoms with van der Waals surface area (Å²) in [4.78, 5) is 12.3. The Labute approximate surface area is 160 Å². The molecule has 4 rings (SSSR count). The van der Waals surface area contributed by atoms with Crippen molar-refractivity contribution in [2.24, 2.45) is 0 Å². The fourth-order valence-corrected chi connectivity index (χ4v) is 4.49. The highest BCUT2D eigenvalue weighted by Gasteiger charge is 2.30. The molecule has 144 valence electrons. The Morgan fingerprint density at radius 2 is 1.89 bits per heavy atom. The number of aromatic nitrogens is 1. The Kier molecular flexibility index (Phi) is 4.50. The first-order valence-electron chi connectivity index (χ1n) is 8.40. The van der Waals surface area contributed by atoms with E-state index in [-0.39, 0.29) is 28.6 Å². The van der Waals surface area contributed by atoms with Gasteiger partial charge in [0, 0.05) is 12.7 Å². The summed E-state index contributed by atoms with van der Waals surface area (Å²) in [6.45, 7) is 0.272. The molecular weight excluding hydrogens is 385 g/mol. The van der Waals surface area contributed by atoms with E-state index in [0.29, 0.717) is 5.56 Å². The molecule has 0 fully saturated rings. The molecule has 1 aromatic heterocycles. The van der Waals surface area contributed by atoms with Gasteiger partial charge in [0.05, 0.1) is 5.69 Å². The summed E-state index contributed by atoms with van der Waals surface area (Å²) >= 11 is 0. The third-order valence-corrected chi connectivity index (χ3v) is 6.21. The van der Waals surface area contributed by atoms with Gasteiger partial charge in [-0.3, -0.25) is 10.1 Å². The molecule has 3 aromatic rings. The quantitative estimate of drug-likeness (QED) is 0.582. The number of nitrogens with zero attached hydrogens (tertiary/aromatic N) is 1. The van der Waals surface area contributed by atoms with Gasteiger partial charge in [-0.2, -0.15) is 0 Å². The van der Waals surface area contributed by atoms with Gasteiger partial charge in [0.25, 0.3) is 15.9 Å². The van der Waals surface area contributed by atoms with Crippen LogP contribution in [0.25, 0.3) is 0 Å². The Balaban J connectivity index is 1.61. The molecule has 3 N–H and O–H groups in total. The molecule has 0 aliphatic carbocycles. The largest absolute Gasteiger partial charge is 0.374 e. The molecule has 0 radical (unpaired) electrons. The molecule has 1 atom stereocenters. The number of carbonyl (C=O) groups excluding carboxylic acids is 1. The van der Waals surface area contributed by atoms with Crippen molar-refractivity contribution in [3.8, 4) is 0 Å². The zero-order valence-corrected chi connectivity index (χ0v) is 15.3. The number of carbonyl (C=O) groups is 1. The van der Waals surface area contributed by atoms with Gasteiger partial charge in [0.15, 0.2) is 0 Å². The van der Waals surface area contributed by atoms with Crippen LogP contribution in [0.15, 0.2) is 65.7 Å². The van der Waals surface area contributed by atoms with E-state index in [2.05, 4.69) is 10.6 Å². The van der Waals surface area contributed by atoms with Crippen molar-refractivity contribution < 1.29 is 22.7 Å². The number of amides is 1. The van der Waals surface area contributed by atoms with E-state index in [0.717, 1.165) is 9.54 Å². The van der Waals surface area contributed by atoms with Gasteiger partial charge in [0.2, 0.25) is 0 Å². The van der Waals surface area contributed by atoms with Gasteiger partial charge in [-0.25, -0.2) is 16.8 Å². The highest BCUT2D eigenvalue weighted by Crippen LogP contribution is 2.31. The van der Waals surface area contributed by atoms with Crippen LogP contribution in [-0.2, 0) is 16.6 Å². The summed E-state index contributed by atoms with van der Waals surface area (Å²) < 4.78 is 39.5. The van der Waals surface area contributed by atoms with E-state index in [1.165, 1.54) is 48.7 Å². The van der Waals surface area contributed by atoms with Crippen molar-refractivity contribution >= 4 is 21.6 Å². The lowest BCUT2D eigenvalue weighted by Gasteiger charge is -2.16. The number of fused-ring (bicyclic) bond motifs is 2. The van der Waals surface area contributed by atoms with E-state index in [1.54, 1.807) is 12.1 Å². The molecule has 1 amide bonds. The van der Waals surface area contributed by atoms with E-state index >= 15 is 0 Å². The lowest BCUT2D eigenvalue weighted by Crippen LogP contribution is -2.21. The molecule has 9 heteroatoms. The minimum atomic E-state index is -3.93. The van der Waals surface area contributed by atoms with Crippen molar-refractivity contribution in [2.45, 2.75) is 17.7 Å². The minimum Gasteiger partial charge on any atom is -0.374 e. The fraction of sp³-hybridized carbons (Fsp3) is 0.105. The second kappa shape index (κ2) is 6.86. The standard InChI is InChI=1S/C19H16FN3O4S/c20-14-6-3-12(4-7-14)11-21-18(24)13-5-8-17-15(10-13)22-19(25)16-2-1-9-23(16)28(17,26)27/h1-10,18,21,24H,11H2,(H,22,25). The number of benzene rings is 2. The summed E-state index contributed by atoms with van der Waals surface area (Å²) in [5.74, 6) is -0.907. The molecule has 0 spiro atoms. The minimum absolute atomic E-state index is 0.00716. The third-order valence-electron chi connectivity index (χ3n) is 4.46. The SMILES string of the molecule is O=C1Nc2cc(C(O)NCc3ccc(F)cc3)ccc2S(=O)(=O)n2cccc21. The number of nitrogens with one attached hydrogen (secondary N) is 2. The van der Waals surface area contributed by atoms with Crippen LogP contribution in [-0.4, -0.2) is 23.4 Å². The van der Waals surface area contributed by atoms with Gasteiger partial charge in [-0.1, -0.05) is 18.2 Å². The van der Waals surface area contributed by atoms with Crippen LogP contribution < -0.4 is 10.6 Å². The van der Waals surface area contributed by atoms with Gasteiger partial charge in [0.1, 0.15) is 22.6 Å². The smallest absolute Gasteiger partial charge is 0.273 e. The Bertz CT molecular complexity index is 1160. The number of halogens is 1. The van der Waals surface area contributed by atoms with Crippen molar-refractivity contribution in [3.63, 3.8) is 0 Å². The highest BCUT2D eigenvalue weighted by molar-refractivity contribution is 7.90. The third kappa shape index (κ3) is 3.19. The maximum atomic E-state index is 13.0. The topological polar surface area (TPSA) is 100 Å². The monoisotopic (exact) mass is 401 g/mol. The molecule has 0 bridgehead atoms. The maximum absolute atomic E-state index is 13.0. The van der Waals surface area contributed by atoms with Crippen molar-refractivity contribution in [1.82, 2.24) is 9.29 Å². The molecule has 1 aliphatic rings. The lowest BCUT2D eigenvalue weighted by atomic mass is 10.1. The molecule has 2 heterocycles. The van der Waals surface area contributed by atoms with Crippen LogP contribution in [0.1, 0.15) is 27.8 Å². The van der Waals surface area contributed by atoms with Gasteiger partial charge in [-0.05, 0) is 47.5 Å². The Morgan fingerprint density at radius 1 is 1.14 bits per heavy atom. The first kappa shape index (κ1) is 18.4. The fourth-order valence-electron chi connectivity index (χ4n) is 3.02. The summed E-state index contributed by atoms with van der Waals surface area (Å²) in [7, 11) is -3.93. The summed E-state index contributed by atoms with van der Waals surface area (Å²) in [6, 6.07) is 13.0. The highest BCUT2D eigenvalue weighted by atomic mass is 32.2. The molecular formula is C19H16FN3O4S. The molecule has 7 nitrogen and oxygen atoms in total. The van der Waals surface area contributed by atoms with Crippen LogP contribution in [0.4, 0.5) is 10.1 Å².